The van der Waals surface area contributed by atoms with Crippen molar-refractivity contribution in [3.8, 4) is 0 Å². The fraction of sp³-hybridized carbons (Fsp3) is 0.562. The SMILES string of the molecule is CCNCc1cn(CCN(CC)CC)c2ncccc12. The van der Waals surface area contributed by atoms with Crippen molar-refractivity contribution in [3.05, 3.63) is 30.1 Å². The number of fused-ring (bicyclic) bond motifs is 1. The van der Waals surface area contributed by atoms with Gasteiger partial charge in [-0.3, -0.25) is 0 Å². The number of pyridine rings is 1. The predicted octanol–water partition coefficient (Wildman–Crippen LogP) is 2.49. The lowest BCUT2D eigenvalue weighted by molar-refractivity contribution is 0.292. The molecular weight excluding hydrogens is 248 g/mol. The van der Waals surface area contributed by atoms with E-state index in [9.17, 15) is 0 Å². The van der Waals surface area contributed by atoms with Crippen LogP contribution in [-0.2, 0) is 13.1 Å². The minimum atomic E-state index is 0.914. The Kier molecular flexibility index (Phi) is 5.56. The highest BCUT2D eigenvalue weighted by Crippen LogP contribution is 2.19. The first-order chi connectivity index (χ1) is 9.80. The van der Waals surface area contributed by atoms with Gasteiger partial charge < -0.3 is 14.8 Å². The molecule has 0 aliphatic carbocycles. The van der Waals surface area contributed by atoms with E-state index in [4.69, 9.17) is 0 Å². The van der Waals surface area contributed by atoms with Crippen LogP contribution in [0.15, 0.2) is 24.5 Å². The molecule has 0 amide bonds. The van der Waals surface area contributed by atoms with Crippen LogP contribution >= 0.6 is 0 Å². The molecular formula is C16H26N4. The third-order valence-electron chi connectivity index (χ3n) is 3.83. The second kappa shape index (κ2) is 7.41. The summed E-state index contributed by atoms with van der Waals surface area (Å²) in [6.45, 7) is 12.8. The second-order valence-electron chi connectivity index (χ2n) is 5.03. The van der Waals surface area contributed by atoms with E-state index in [0.29, 0.717) is 0 Å². The standard InChI is InChI=1S/C16H26N4/c1-4-17-12-14-13-20(11-10-19(5-2)6-3)16-15(14)8-7-9-18-16/h7-9,13,17H,4-6,10-12H2,1-3H3. The Morgan fingerprint density at radius 2 is 2.05 bits per heavy atom. The molecule has 2 rings (SSSR count). The van der Waals surface area contributed by atoms with E-state index in [0.717, 1.165) is 44.9 Å². The molecule has 0 aliphatic heterocycles. The van der Waals surface area contributed by atoms with Crippen molar-refractivity contribution in [3.63, 3.8) is 0 Å². The molecule has 0 bridgehead atoms. The smallest absolute Gasteiger partial charge is 0.140 e. The van der Waals surface area contributed by atoms with Crippen molar-refractivity contribution in [2.75, 3.05) is 26.2 Å². The summed E-state index contributed by atoms with van der Waals surface area (Å²) in [6.07, 6.45) is 4.14. The van der Waals surface area contributed by atoms with Gasteiger partial charge in [0.25, 0.3) is 0 Å². The molecule has 4 heteroatoms. The maximum absolute atomic E-state index is 4.56. The maximum atomic E-state index is 4.56. The summed E-state index contributed by atoms with van der Waals surface area (Å²) in [5.41, 5.74) is 2.45. The van der Waals surface area contributed by atoms with Crippen LogP contribution in [0.4, 0.5) is 0 Å². The summed E-state index contributed by atoms with van der Waals surface area (Å²) < 4.78 is 2.29. The number of rotatable bonds is 8. The molecule has 0 fully saturated rings. The molecule has 2 heterocycles. The lowest BCUT2D eigenvalue weighted by Crippen LogP contribution is -2.26. The molecule has 2 aromatic rings. The minimum absolute atomic E-state index is 0.914. The van der Waals surface area contributed by atoms with Crippen LogP contribution in [0.2, 0.25) is 0 Å². The van der Waals surface area contributed by atoms with Crippen molar-refractivity contribution in [2.24, 2.45) is 0 Å². The van der Waals surface area contributed by atoms with E-state index in [-0.39, 0.29) is 0 Å². The first-order valence-corrected chi connectivity index (χ1v) is 7.65. The van der Waals surface area contributed by atoms with Crippen molar-refractivity contribution >= 4 is 11.0 Å². The van der Waals surface area contributed by atoms with Gasteiger partial charge in [0.05, 0.1) is 0 Å². The van der Waals surface area contributed by atoms with Crippen LogP contribution in [-0.4, -0.2) is 40.6 Å². The molecule has 4 nitrogen and oxygen atoms in total. The molecule has 0 radical (unpaired) electrons. The Morgan fingerprint density at radius 1 is 1.25 bits per heavy atom. The third-order valence-corrected chi connectivity index (χ3v) is 3.83. The van der Waals surface area contributed by atoms with Crippen LogP contribution < -0.4 is 5.32 Å². The average molecular weight is 274 g/mol. The highest BCUT2D eigenvalue weighted by atomic mass is 15.1. The van der Waals surface area contributed by atoms with Gasteiger partial charge in [-0.25, -0.2) is 4.98 Å². The van der Waals surface area contributed by atoms with E-state index in [1.807, 2.05) is 12.3 Å². The summed E-state index contributed by atoms with van der Waals surface area (Å²) in [6, 6.07) is 4.19. The Bertz CT molecular complexity index is 528. The molecule has 1 N–H and O–H groups in total. The van der Waals surface area contributed by atoms with E-state index in [1.54, 1.807) is 0 Å². The van der Waals surface area contributed by atoms with Gasteiger partial charge in [0.1, 0.15) is 5.65 Å². The number of hydrogen-bond donors (Lipinski definition) is 1. The summed E-state index contributed by atoms with van der Waals surface area (Å²) in [5.74, 6) is 0. The lowest BCUT2D eigenvalue weighted by atomic mass is 10.2. The topological polar surface area (TPSA) is 33.1 Å². The van der Waals surface area contributed by atoms with Gasteiger partial charge >= 0.3 is 0 Å². The summed E-state index contributed by atoms with van der Waals surface area (Å²) in [4.78, 5) is 7.00. The van der Waals surface area contributed by atoms with E-state index >= 15 is 0 Å². The average Bonchev–Trinajstić information content (AvgIpc) is 2.85. The maximum Gasteiger partial charge on any atom is 0.140 e. The molecule has 0 spiro atoms. The summed E-state index contributed by atoms with van der Waals surface area (Å²) in [5, 5.41) is 4.68. The van der Waals surface area contributed by atoms with Crippen molar-refractivity contribution in [1.82, 2.24) is 19.8 Å². The number of nitrogens with zero attached hydrogens (tertiary/aromatic N) is 3. The van der Waals surface area contributed by atoms with Crippen molar-refractivity contribution in [2.45, 2.75) is 33.9 Å². The van der Waals surface area contributed by atoms with Gasteiger partial charge in [0, 0.05) is 37.4 Å². The molecule has 2 aromatic heterocycles. The molecule has 0 aliphatic rings. The van der Waals surface area contributed by atoms with Gasteiger partial charge in [-0.2, -0.15) is 0 Å². The molecule has 0 aromatic carbocycles. The minimum Gasteiger partial charge on any atom is -0.331 e. The van der Waals surface area contributed by atoms with Crippen LogP contribution in [0.5, 0.6) is 0 Å². The number of nitrogens with one attached hydrogen (secondary N) is 1. The lowest BCUT2D eigenvalue weighted by Gasteiger charge is -2.18. The van der Waals surface area contributed by atoms with Gasteiger partial charge in [-0.15, -0.1) is 0 Å². The van der Waals surface area contributed by atoms with E-state index in [1.165, 1.54) is 10.9 Å². The molecule has 110 valence electrons. The fourth-order valence-corrected chi connectivity index (χ4v) is 2.56. The first-order valence-electron chi connectivity index (χ1n) is 7.65. The second-order valence-corrected chi connectivity index (χ2v) is 5.03. The van der Waals surface area contributed by atoms with E-state index in [2.05, 4.69) is 52.8 Å². The normalized spacial score (nSPS) is 11.6. The third kappa shape index (κ3) is 3.38. The fourth-order valence-electron chi connectivity index (χ4n) is 2.56. The Hall–Kier alpha value is -1.39. The van der Waals surface area contributed by atoms with Crippen molar-refractivity contribution < 1.29 is 0 Å². The van der Waals surface area contributed by atoms with Gasteiger partial charge in [-0.05, 0) is 37.3 Å². The van der Waals surface area contributed by atoms with Gasteiger partial charge in [0.15, 0.2) is 0 Å². The number of aromatic nitrogens is 2. The molecule has 0 saturated heterocycles. The largest absolute Gasteiger partial charge is 0.331 e. The molecule has 0 atom stereocenters. The monoisotopic (exact) mass is 274 g/mol. The Balaban J connectivity index is 2.19. The zero-order valence-corrected chi connectivity index (χ0v) is 12.9. The Labute approximate surface area is 121 Å². The Morgan fingerprint density at radius 3 is 2.75 bits per heavy atom. The highest BCUT2D eigenvalue weighted by Gasteiger charge is 2.09. The molecule has 20 heavy (non-hydrogen) atoms. The molecule has 0 saturated carbocycles. The summed E-state index contributed by atoms with van der Waals surface area (Å²) >= 11 is 0. The molecule has 0 unspecified atom stereocenters. The van der Waals surface area contributed by atoms with Crippen LogP contribution in [0, 0.1) is 0 Å². The quantitative estimate of drug-likeness (QED) is 0.803. The zero-order valence-electron chi connectivity index (χ0n) is 12.9. The van der Waals surface area contributed by atoms with E-state index < -0.39 is 0 Å². The predicted molar refractivity (Wildman–Crippen MR) is 84.9 cm³/mol. The van der Waals surface area contributed by atoms with Crippen LogP contribution in [0.25, 0.3) is 11.0 Å². The van der Waals surface area contributed by atoms with Crippen LogP contribution in [0.3, 0.4) is 0 Å². The number of hydrogen-bond acceptors (Lipinski definition) is 3. The number of likely N-dealkylation sites (N-methyl/N-ethyl adjacent to an activating group) is 1. The van der Waals surface area contributed by atoms with Crippen molar-refractivity contribution in [1.29, 1.82) is 0 Å². The first kappa shape index (κ1) is 15.0. The highest BCUT2D eigenvalue weighted by molar-refractivity contribution is 5.80. The van der Waals surface area contributed by atoms with Crippen LogP contribution in [0.1, 0.15) is 26.3 Å². The van der Waals surface area contributed by atoms with Gasteiger partial charge in [-0.1, -0.05) is 20.8 Å². The van der Waals surface area contributed by atoms with Gasteiger partial charge in [0.2, 0.25) is 0 Å². The summed E-state index contributed by atoms with van der Waals surface area (Å²) in [7, 11) is 0. The zero-order chi connectivity index (χ0) is 14.4.